The molecule has 0 aliphatic rings. The zero-order valence-electron chi connectivity index (χ0n) is 15.4. The second kappa shape index (κ2) is 8.06. The molecule has 0 fully saturated rings. The van der Waals surface area contributed by atoms with E-state index in [0.717, 1.165) is 6.42 Å². The van der Waals surface area contributed by atoms with Crippen LogP contribution in [0.3, 0.4) is 0 Å². The number of benzene rings is 2. The number of nitrogens with one attached hydrogen (secondary N) is 1. The van der Waals surface area contributed by atoms with E-state index in [1.54, 1.807) is 18.2 Å². The largest absolute Gasteiger partial charge is 0.506 e. The summed E-state index contributed by atoms with van der Waals surface area (Å²) in [5.41, 5.74) is 1.74. The van der Waals surface area contributed by atoms with Gasteiger partial charge in [0.2, 0.25) is 0 Å². The predicted octanol–water partition coefficient (Wildman–Crippen LogP) is 4.88. The molecule has 1 atom stereocenters. The summed E-state index contributed by atoms with van der Waals surface area (Å²) >= 11 is 0. The number of carbonyl (C=O) groups is 1. The SMILES string of the molecule is CCC(Oc1ccc(C(C)(C)CC)cc1)C(=O)Nc1ccccc1O. The second-order valence-electron chi connectivity index (χ2n) is 6.78. The van der Waals surface area contributed by atoms with E-state index in [1.807, 2.05) is 31.2 Å². The van der Waals surface area contributed by atoms with Gasteiger partial charge in [0.25, 0.3) is 5.91 Å². The van der Waals surface area contributed by atoms with Gasteiger partial charge in [0.1, 0.15) is 11.5 Å². The van der Waals surface area contributed by atoms with Crippen molar-refractivity contribution < 1.29 is 14.6 Å². The number of aromatic hydroxyl groups is 1. The maximum Gasteiger partial charge on any atom is 0.265 e. The highest BCUT2D eigenvalue weighted by Crippen LogP contribution is 2.28. The number of phenols is 1. The average molecular weight is 341 g/mol. The van der Waals surface area contributed by atoms with Crippen LogP contribution in [0.1, 0.15) is 46.1 Å². The van der Waals surface area contributed by atoms with Crippen molar-refractivity contribution in [1.82, 2.24) is 0 Å². The molecule has 0 aromatic heterocycles. The highest BCUT2D eigenvalue weighted by atomic mass is 16.5. The van der Waals surface area contributed by atoms with Crippen molar-refractivity contribution in [3.63, 3.8) is 0 Å². The number of hydrogen-bond acceptors (Lipinski definition) is 3. The first-order valence-corrected chi connectivity index (χ1v) is 8.73. The minimum Gasteiger partial charge on any atom is -0.506 e. The molecular weight excluding hydrogens is 314 g/mol. The fraction of sp³-hybridized carbons (Fsp3) is 0.381. The third-order valence-corrected chi connectivity index (χ3v) is 4.62. The lowest BCUT2D eigenvalue weighted by Gasteiger charge is -2.24. The van der Waals surface area contributed by atoms with Gasteiger partial charge in [0.05, 0.1) is 5.69 Å². The van der Waals surface area contributed by atoms with Crippen LogP contribution in [-0.4, -0.2) is 17.1 Å². The van der Waals surface area contributed by atoms with Crippen LogP contribution in [0, 0.1) is 0 Å². The maximum atomic E-state index is 12.4. The number of carbonyl (C=O) groups excluding carboxylic acids is 1. The molecule has 2 aromatic carbocycles. The van der Waals surface area contributed by atoms with Crippen LogP contribution in [0.15, 0.2) is 48.5 Å². The Kier molecular flexibility index (Phi) is 6.07. The van der Waals surface area contributed by atoms with Crippen LogP contribution in [0.25, 0.3) is 0 Å². The van der Waals surface area contributed by atoms with Gasteiger partial charge in [-0.15, -0.1) is 0 Å². The molecule has 134 valence electrons. The smallest absolute Gasteiger partial charge is 0.265 e. The number of hydrogen-bond donors (Lipinski definition) is 2. The number of para-hydroxylation sites is 2. The molecule has 0 aliphatic carbocycles. The molecule has 2 N–H and O–H groups in total. The Morgan fingerprint density at radius 2 is 1.76 bits per heavy atom. The Labute approximate surface area is 149 Å². The molecular formula is C21H27NO3. The van der Waals surface area contributed by atoms with Gasteiger partial charge in [0, 0.05) is 0 Å². The van der Waals surface area contributed by atoms with Gasteiger partial charge in [-0.3, -0.25) is 4.79 Å². The number of rotatable bonds is 7. The first-order valence-electron chi connectivity index (χ1n) is 8.73. The van der Waals surface area contributed by atoms with E-state index in [-0.39, 0.29) is 17.1 Å². The lowest BCUT2D eigenvalue weighted by atomic mass is 9.82. The molecule has 0 saturated carbocycles. The first kappa shape index (κ1) is 18.8. The lowest BCUT2D eigenvalue weighted by Crippen LogP contribution is -2.32. The molecule has 0 bridgehead atoms. The summed E-state index contributed by atoms with van der Waals surface area (Å²) in [5.74, 6) is 0.425. The molecule has 0 spiro atoms. The average Bonchev–Trinajstić information content (AvgIpc) is 2.62. The van der Waals surface area contributed by atoms with Crippen LogP contribution in [0.4, 0.5) is 5.69 Å². The third-order valence-electron chi connectivity index (χ3n) is 4.62. The summed E-state index contributed by atoms with van der Waals surface area (Å²) in [6.45, 7) is 8.47. The van der Waals surface area contributed by atoms with Crippen LogP contribution in [0.2, 0.25) is 0 Å². The van der Waals surface area contributed by atoms with E-state index in [1.165, 1.54) is 11.6 Å². The van der Waals surface area contributed by atoms with Gasteiger partial charge in [-0.1, -0.05) is 52.0 Å². The summed E-state index contributed by atoms with van der Waals surface area (Å²) in [7, 11) is 0. The van der Waals surface area contributed by atoms with E-state index in [0.29, 0.717) is 17.9 Å². The van der Waals surface area contributed by atoms with Gasteiger partial charge < -0.3 is 15.2 Å². The molecule has 2 aromatic rings. The predicted molar refractivity (Wildman–Crippen MR) is 101 cm³/mol. The molecule has 1 amide bonds. The molecule has 0 saturated heterocycles. The highest BCUT2D eigenvalue weighted by Gasteiger charge is 2.21. The molecule has 1 unspecified atom stereocenters. The molecule has 0 aliphatic heterocycles. The Morgan fingerprint density at radius 1 is 1.12 bits per heavy atom. The molecule has 4 heteroatoms. The summed E-state index contributed by atoms with van der Waals surface area (Å²) < 4.78 is 5.85. The van der Waals surface area contributed by atoms with E-state index >= 15 is 0 Å². The monoisotopic (exact) mass is 341 g/mol. The summed E-state index contributed by atoms with van der Waals surface area (Å²) in [5, 5.41) is 12.5. The van der Waals surface area contributed by atoms with Gasteiger partial charge in [-0.2, -0.15) is 0 Å². The van der Waals surface area contributed by atoms with Crippen molar-refractivity contribution in [2.45, 2.75) is 52.1 Å². The van der Waals surface area contributed by atoms with Gasteiger partial charge in [0.15, 0.2) is 6.10 Å². The van der Waals surface area contributed by atoms with Crippen LogP contribution >= 0.6 is 0 Å². The number of amides is 1. The van der Waals surface area contributed by atoms with E-state index in [4.69, 9.17) is 4.74 Å². The molecule has 2 rings (SSSR count). The normalized spacial score (nSPS) is 12.5. The van der Waals surface area contributed by atoms with Crippen molar-refractivity contribution in [2.24, 2.45) is 0 Å². The number of anilines is 1. The molecule has 0 heterocycles. The van der Waals surface area contributed by atoms with E-state index < -0.39 is 6.10 Å². The van der Waals surface area contributed by atoms with E-state index in [9.17, 15) is 9.90 Å². The van der Waals surface area contributed by atoms with Gasteiger partial charge in [-0.25, -0.2) is 0 Å². The highest BCUT2D eigenvalue weighted by molar-refractivity contribution is 5.95. The number of phenolic OH excluding ortho intramolecular Hbond substituents is 1. The van der Waals surface area contributed by atoms with Crippen LogP contribution in [0.5, 0.6) is 11.5 Å². The Hall–Kier alpha value is -2.49. The maximum absolute atomic E-state index is 12.4. The summed E-state index contributed by atoms with van der Waals surface area (Å²) in [4.78, 5) is 12.4. The minimum atomic E-state index is -0.621. The van der Waals surface area contributed by atoms with E-state index in [2.05, 4.69) is 26.1 Å². The Bertz CT molecular complexity index is 707. The lowest BCUT2D eigenvalue weighted by molar-refractivity contribution is -0.122. The fourth-order valence-electron chi connectivity index (χ4n) is 2.47. The van der Waals surface area contributed by atoms with Crippen molar-refractivity contribution in [1.29, 1.82) is 0 Å². The van der Waals surface area contributed by atoms with Gasteiger partial charge >= 0.3 is 0 Å². The standard InChI is InChI=1S/C21H27NO3/c1-5-19(20(24)22-17-9-7-8-10-18(17)23)25-16-13-11-15(12-14-16)21(3,4)6-2/h7-14,19,23H,5-6H2,1-4H3,(H,22,24). The van der Waals surface area contributed by atoms with Crippen molar-refractivity contribution >= 4 is 11.6 Å². The van der Waals surface area contributed by atoms with Crippen molar-refractivity contribution in [3.8, 4) is 11.5 Å². The molecule has 25 heavy (non-hydrogen) atoms. The topological polar surface area (TPSA) is 58.6 Å². The molecule has 4 nitrogen and oxygen atoms in total. The number of ether oxygens (including phenoxy) is 1. The second-order valence-corrected chi connectivity index (χ2v) is 6.78. The Morgan fingerprint density at radius 3 is 2.32 bits per heavy atom. The zero-order valence-corrected chi connectivity index (χ0v) is 15.4. The fourth-order valence-corrected chi connectivity index (χ4v) is 2.47. The van der Waals surface area contributed by atoms with Crippen LogP contribution in [-0.2, 0) is 10.2 Å². The van der Waals surface area contributed by atoms with Crippen molar-refractivity contribution in [3.05, 3.63) is 54.1 Å². The summed E-state index contributed by atoms with van der Waals surface area (Å²) in [6.07, 6.45) is 0.958. The quantitative estimate of drug-likeness (QED) is 0.706. The third kappa shape index (κ3) is 4.75. The minimum absolute atomic E-state index is 0.0388. The van der Waals surface area contributed by atoms with Crippen LogP contribution < -0.4 is 10.1 Å². The summed E-state index contributed by atoms with van der Waals surface area (Å²) in [6, 6.07) is 14.6. The Balaban J connectivity index is 2.06. The molecule has 0 radical (unpaired) electrons. The first-order chi connectivity index (χ1) is 11.9. The van der Waals surface area contributed by atoms with Gasteiger partial charge in [-0.05, 0) is 48.1 Å². The zero-order chi connectivity index (χ0) is 18.4. The van der Waals surface area contributed by atoms with Crippen molar-refractivity contribution in [2.75, 3.05) is 5.32 Å².